The number of hydrogen-bond donors (Lipinski definition) is 1. The van der Waals surface area contributed by atoms with Gasteiger partial charge in [0.1, 0.15) is 11.6 Å². The number of aryl methyl sites for hydroxylation is 1. The Hall–Kier alpha value is -1.75. The van der Waals surface area contributed by atoms with E-state index in [4.69, 9.17) is 0 Å². The monoisotopic (exact) mass is 308 g/mol. The predicted octanol–water partition coefficient (Wildman–Crippen LogP) is 3.54. The van der Waals surface area contributed by atoms with Gasteiger partial charge in [0.25, 0.3) is 5.91 Å². The second-order valence-corrected chi connectivity index (χ2v) is 4.67. The molecular weight excluding hydrogens is 299 g/mol. The number of halogens is 2. The molecule has 0 atom stereocenters. The van der Waals surface area contributed by atoms with Gasteiger partial charge in [-0.05, 0) is 30.7 Å². The molecule has 0 radical (unpaired) electrons. The molecule has 3 nitrogen and oxygen atoms in total. The highest BCUT2D eigenvalue weighted by Gasteiger charge is 2.13. The zero-order chi connectivity index (χ0) is 13.1. The molecule has 0 unspecified atom stereocenters. The van der Waals surface area contributed by atoms with Crippen LogP contribution in [-0.2, 0) is 0 Å². The number of aromatic nitrogens is 1. The second kappa shape index (κ2) is 5.27. The van der Waals surface area contributed by atoms with Crippen molar-refractivity contribution >= 4 is 27.7 Å². The van der Waals surface area contributed by atoms with Gasteiger partial charge in [-0.15, -0.1) is 0 Å². The number of nitrogens with one attached hydrogen (secondary N) is 1. The van der Waals surface area contributed by atoms with Gasteiger partial charge in [0.2, 0.25) is 0 Å². The van der Waals surface area contributed by atoms with Gasteiger partial charge in [0.15, 0.2) is 0 Å². The highest BCUT2D eigenvalue weighted by atomic mass is 79.9. The summed E-state index contributed by atoms with van der Waals surface area (Å²) in [6, 6.07) is 8.08. The van der Waals surface area contributed by atoms with E-state index in [9.17, 15) is 9.18 Å². The maximum Gasteiger partial charge on any atom is 0.259 e. The summed E-state index contributed by atoms with van der Waals surface area (Å²) in [7, 11) is 0. The Morgan fingerprint density at radius 3 is 2.89 bits per heavy atom. The molecule has 18 heavy (non-hydrogen) atoms. The normalized spacial score (nSPS) is 10.2. The molecule has 0 aliphatic heterocycles. The van der Waals surface area contributed by atoms with Crippen LogP contribution in [0.2, 0.25) is 0 Å². The maximum atomic E-state index is 13.7. The first kappa shape index (κ1) is 12.7. The lowest BCUT2D eigenvalue weighted by Crippen LogP contribution is -2.15. The number of pyridine rings is 1. The minimum Gasteiger partial charge on any atom is -0.306 e. The molecule has 0 spiro atoms. The van der Waals surface area contributed by atoms with Gasteiger partial charge < -0.3 is 5.32 Å². The minimum absolute atomic E-state index is 0.0109. The van der Waals surface area contributed by atoms with Crippen molar-refractivity contribution < 1.29 is 9.18 Å². The van der Waals surface area contributed by atoms with E-state index < -0.39 is 11.7 Å². The van der Waals surface area contributed by atoms with E-state index in [0.717, 1.165) is 4.47 Å². The Morgan fingerprint density at radius 1 is 1.39 bits per heavy atom. The third kappa shape index (κ3) is 2.73. The lowest BCUT2D eigenvalue weighted by molar-refractivity contribution is 0.102. The zero-order valence-electron chi connectivity index (χ0n) is 9.58. The fourth-order valence-corrected chi connectivity index (χ4v) is 1.81. The van der Waals surface area contributed by atoms with E-state index in [-0.39, 0.29) is 5.56 Å². The lowest BCUT2D eigenvalue weighted by Gasteiger charge is -2.06. The van der Waals surface area contributed by atoms with Gasteiger partial charge in [-0.2, -0.15) is 0 Å². The molecule has 92 valence electrons. The molecule has 0 fully saturated rings. The van der Waals surface area contributed by atoms with Gasteiger partial charge >= 0.3 is 0 Å². The van der Waals surface area contributed by atoms with Crippen LogP contribution < -0.4 is 5.32 Å². The summed E-state index contributed by atoms with van der Waals surface area (Å²) in [6.45, 7) is 1.61. The summed E-state index contributed by atoms with van der Waals surface area (Å²) in [5, 5.41) is 2.55. The maximum absolute atomic E-state index is 13.7. The summed E-state index contributed by atoms with van der Waals surface area (Å²) in [5.74, 6) is -0.651. The molecular formula is C13H10BrFN2O. The van der Waals surface area contributed by atoms with Crippen LogP contribution in [0.25, 0.3) is 0 Å². The molecule has 1 aromatic carbocycles. The molecule has 2 rings (SSSR count). The second-order valence-electron chi connectivity index (χ2n) is 3.75. The Morgan fingerprint density at radius 2 is 2.17 bits per heavy atom. The van der Waals surface area contributed by atoms with Crippen LogP contribution in [0, 0.1) is 12.7 Å². The summed E-state index contributed by atoms with van der Waals surface area (Å²) < 4.78 is 14.5. The first-order chi connectivity index (χ1) is 8.58. The third-order valence-electron chi connectivity index (χ3n) is 2.40. The molecule has 0 bridgehead atoms. The fraction of sp³-hybridized carbons (Fsp3) is 0.0769. The van der Waals surface area contributed by atoms with E-state index in [0.29, 0.717) is 11.4 Å². The van der Waals surface area contributed by atoms with Crippen molar-refractivity contribution in [3.63, 3.8) is 0 Å². The Labute approximate surface area is 112 Å². The van der Waals surface area contributed by atoms with Crippen LogP contribution >= 0.6 is 15.9 Å². The van der Waals surface area contributed by atoms with Gasteiger partial charge in [-0.25, -0.2) is 9.37 Å². The van der Waals surface area contributed by atoms with E-state index in [1.807, 2.05) is 0 Å². The first-order valence-electron chi connectivity index (χ1n) is 5.26. The Kier molecular flexibility index (Phi) is 3.72. The van der Waals surface area contributed by atoms with E-state index in [2.05, 4.69) is 26.2 Å². The van der Waals surface area contributed by atoms with Crippen molar-refractivity contribution in [1.29, 1.82) is 0 Å². The van der Waals surface area contributed by atoms with Gasteiger partial charge in [0.05, 0.1) is 5.56 Å². The van der Waals surface area contributed by atoms with Crippen molar-refractivity contribution in [3.8, 4) is 0 Å². The third-order valence-corrected chi connectivity index (χ3v) is 2.89. The van der Waals surface area contributed by atoms with Crippen LogP contribution in [0.1, 0.15) is 15.9 Å². The first-order valence-corrected chi connectivity index (χ1v) is 6.05. The molecule has 1 aromatic heterocycles. The van der Waals surface area contributed by atoms with Crippen LogP contribution in [0.15, 0.2) is 41.0 Å². The number of benzene rings is 1. The molecule has 2 aromatic rings. The average molecular weight is 309 g/mol. The molecule has 0 aliphatic rings. The fourth-order valence-electron chi connectivity index (χ4n) is 1.48. The summed E-state index contributed by atoms with van der Waals surface area (Å²) in [5.41, 5.74) is 0.446. The Balaban J connectivity index is 2.25. The number of carbonyl (C=O) groups excluding carboxylic acids is 1. The smallest absolute Gasteiger partial charge is 0.259 e. The molecule has 1 heterocycles. The van der Waals surface area contributed by atoms with Gasteiger partial charge in [-0.1, -0.05) is 28.1 Å². The van der Waals surface area contributed by atoms with Crippen LogP contribution in [-0.4, -0.2) is 10.9 Å². The molecule has 1 N–H and O–H groups in total. The molecule has 1 amide bonds. The molecule has 0 saturated carbocycles. The van der Waals surface area contributed by atoms with Crippen molar-refractivity contribution in [2.45, 2.75) is 6.92 Å². The molecule has 0 aliphatic carbocycles. The number of anilines is 1. The number of carbonyl (C=O) groups is 1. The van der Waals surface area contributed by atoms with Crippen molar-refractivity contribution in [1.82, 2.24) is 4.98 Å². The zero-order valence-corrected chi connectivity index (χ0v) is 11.2. The van der Waals surface area contributed by atoms with E-state index in [1.54, 1.807) is 37.4 Å². The number of nitrogens with zero attached hydrogens (tertiary/aromatic N) is 1. The number of rotatable bonds is 2. The van der Waals surface area contributed by atoms with Crippen molar-refractivity contribution in [3.05, 3.63) is 57.9 Å². The van der Waals surface area contributed by atoms with Gasteiger partial charge in [0, 0.05) is 10.7 Å². The summed E-state index contributed by atoms with van der Waals surface area (Å²) in [4.78, 5) is 15.9. The average Bonchev–Trinajstić information content (AvgIpc) is 2.32. The van der Waals surface area contributed by atoms with E-state index >= 15 is 0 Å². The summed E-state index contributed by atoms with van der Waals surface area (Å²) >= 11 is 3.27. The quantitative estimate of drug-likeness (QED) is 0.922. The highest BCUT2D eigenvalue weighted by molar-refractivity contribution is 9.10. The highest BCUT2D eigenvalue weighted by Crippen LogP contribution is 2.16. The SMILES string of the molecule is Cc1cccc(C(=O)Nc2cc(Br)ccn2)c1F. The number of hydrogen-bond acceptors (Lipinski definition) is 2. The molecule has 0 saturated heterocycles. The standard InChI is InChI=1S/C13H10BrFN2O/c1-8-3-2-4-10(12(8)15)13(18)17-11-7-9(14)5-6-16-11/h2-7H,1H3,(H,16,17,18). The van der Waals surface area contributed by atoms with Crippen LogP contribution in [0.4, 0.5) is 10.2 Å². The predicted molar refractivity (Wildman–Crippen MR) is 71.0 cm³/mol. The van der Waals surface area contributed by atoms with Gasteiger partial charge in [-0.3, -0.25) is 4.79 Å². The molecule has 5 heteroatoms. The van der Waals surface area contributed by atoms with Crippen molar-refractivity contribution in [2.24, 2.45) is 0 Å². The largest absolute Gasteiger partial charge is 0.306 e. The van der Waals surface area contributed by atoms with Crippen LogP contribution in [0.5, 0.6) is 0 Å². The van der Waals surface area contributed by atoms with E-state index in [1.165, 1.54) is 6.07 Å². The lowest BCUT2D eigenvalue weighted by atomic mass is 10.1. The van der Waals surface area contributed by atoms with Crippen molar-refractivity contribution in [2.75, 3.05) is 5.32 Å². The van der Waals surface area contributed by atoms with Crippen LogP contribution in [0.3, 0.4) is 0 Å². The topological polar surface area (TPSA) is 42.0 Å². The Bertz CT molecular complexity index is 601. The number of amides is 1. The summed E-state index contributed by atoms with van der Waals surface area (Å²) in [6.07, 6.45) is 1.55. The minimum atomic E-state index is -0.512.